The number of rotatable bonds is 5. The van der Waals surface area contributed by atoms with E-state index in [0.29, 0.717) is 23.4 Å². The Morgan fingerprint density at radius 3 is 3.05 bits per heavy atom. The summed E-state index contributed by atoms with van der Waals surface area (Å²) in [5.41, 5.74) is 0.361. The largest absolute Gasteiger partial charge is 0.349 e. The quantitative estimate of drug-likeness (QED) is 0.859. The van der Waals surface area contributed by atoms with Crippen molar-refractivity contribution >= 4 is 28.3 Å². The van der Waals surface area contributed by atoms with Gasteiger partial charge in [0.05, 0.1) is 0 Å². The minimum Gasteiger partial charge on any atom is -0.349 e. The van der Waals surface area contributed by atoms with E-state index in [9.17, 15) is 9.59 Å². The van der Waals surface area contributed by atoms with E-state index in [1.54, 1.807) is 5.38 Å². The van der Waals surface area contributed by atoms with Gasteiger partial charge in [0.2, 0.25) is 5.91 Å². The SMILES string of the molecule is CCN1CCC[C@H]1CNC(=O)c1csc(NC(C)=O)n1. The first kappa shape index (κ1) is 14.9. The number of anilines is 1. The summed E-state index contributed by atoms with van der Waals surface area (Å²) in [6, 6.07) is 0.428. The third-order valence-corrected chi connectivity index (χ3v) is 4.18. The highest BCUT2D eigenvalue weighted by Gasteiger charge is 2.23. The summed E-state index contributed by atoms with van der Waals surface area (Å²) in [7, 11) is 0. The minimum atomic E-state index is -0.184. The molecule has 20 heavy (non-hydrogen) atoms. The van der Waals surface area contributed by atoms with E-state index in [-0.39, 0.29) is 11.8 Å². The summed E-state index contributed by atoms with van der Waals surface area (Å²) < 4.78 is 0. The van der Waals surface area contributed by atoms with Crippen molar-refractivity contribution in [1.82, 2.24) is 15.2 Å². The standard InChI is InChI=1S/C13H20N4O2S/c1-3-17-6-4-5-10(17)7-14-12(19)11-8-20-13(16-11)15-9(2)18/h8,10H,3-7H2,1-2H3,(H,14,19)(H,15,16,18)/t10-/m0/s1. The molecule has 0 unspecified atom stereocenters. The molecule has 2 amide bonds. The summed E-state index contributed by atoms with van der Waals surface area (Å²) in [5, 5.41) is 7.61. The first-order valence-electron chi connectivity index (χ1n) is 6.85. The highest BCUT2D eigenvalue weighted by atomic mass is 32.1. The molecule has 2 N–H and O–H groups in total. The van der Waals surface area contributed by atoms with Gasteiger partial charge in [-0.15, -0.1) is 11.3 Å². The van der Waals surface area contributed by atoms with Gasteiger partial charge in [-0.2, -0.15) is 0 Å². The van der Waals surface area contributed by atoms with Crippen LogP contribution in [0.25, 0.3) is 0 Å². The van der Waals surface area contributed by atoms with Crippen molar-refractivity contribution < 1.29 is 9.59 Å². The molecule has 6 nitrogen and oxygen atoms in total. The normalized spacial score (nSPS) is 19.0. The Labute approximate surface area is 122 Å². The molecule has 7 heteroatoms. The van der Waals surface area contributed by atoms with Gasteiger partial charge in [-0.1, -0.05) is 6.92 Å². The molecule has 1 aromatic heterocycles. The summed E-state index contributed by atoms with van der Waals surface area (Å²) >= 11 is 1.26. The zero-order chi connectivity index (χ0) is 14.5. The lowest BCUT2D eigenvalue weighted by Gasteiger charge is -2.22. The number of likely N-dealkylation sites (tertiary alicyclic amines) is 1. The molecule has 2 heterocycles. The molecule has 2 rings (SSSR count). The lowest BCUT2D eigenvalue weighted by molar-refractivity contribution is -0.114. The second-order valence-electron chi connectivity index (χ2n) is 4.85. The smallest absolute Gasteiger partial charge is 0.270 e. The van der Waals surface area contributed by atoms with Crippen LogP contribution in [0, 0.1) is 0 Å². The maximum absolute atomic E-state index is 12.0. The highest BCUT2D eigenvalue weighted by Crippen LogP contribution is 2.17. The van der Waals surface area contributed by atoms with E-state index >= 15 is 0 Å². The molecule has 0 aliphatic carbocycles. The Hall–Kier alpha value is -1.47. The van der Waals surface area contributed by atoms with Crippen LogP contribution in [0.3, 0.4) is 0 Å². The average molecular weight is 296 g/mol. The number of carbonyl (C=O) groups excluding carboxylic acids is 2. The van der Waals surface area contributed by atoms with Gasteiger partial charge in [0, 0.05) is 24.9 Å². The van der Waals surface area contributed by atoms with Gasteiger partial charge in [-0.3, -0.25) is 14.5 Å². The summed E-state index contributed by atoms with van der Waals surface area (Å²) in [6.07, 6.45) is 2.32. The first-order chi connectivity index (χ1) is 9.60. The highest BCUT2D eigenvalue weighted by molar-refractivity contribution is 7.14. The second kappa shape index (κ2) is 6.81. The molecule has 1 aliphatic heterocycles. The number of nitrogens with one attached hydrogen (secondary N) is 2. The summed E-state index contributed by atoms with van der Waals surface area (Å²) in [6.45, 7) is 6.34. The Morgan fingerprint density at radius 2 is 2.35 bits per heavy atom. The minimum absolute atomic E-state index is 0.180. The number of hydrogen-bond acceptors (Lipinski definition) is 5. The Balaban J connectivity index is 1.85. The number of likely N-dealkylation sites (N-methyl/N-ethyl adjacent to an activating group) is 1. The van der Waals surface area contributed by atoms with Crippen molar-refractivity contribution in [1.29, 1.82) is 0 Å². The maximum Gasteiger partial charge on any atom is 0.270 e. The van der Waals surface area contributed by atoms with Gasteiger partial charge in [0.1, 0.15) is 5.69 Å². The Morgan fingerprint density at radius 1 is 1.55 bits per heavy atom. The zero-order valence-electron chi connectivity index (χ0n) is 11.8. The summed E-state index contributed by atoms with van der Waals surface area (Å²) in [4.78, 5) is 29.4. The van der Waals surface area contributed by atoms with Gasteiger partial charge in [-0.25, -0.2) is 4.98 Å². The molecule has 1 saturated heterocycles. The number of nitrogens with zero attached hydrogens (tertiary/aromatic N) is 2. The van der Waals surface area contributed by atoms with E-state index in [1.165, 1.54) is 24.7 Å². The summed E-state index contributed by atoms with van der Waals surface area (Å²) in [5.74, 6) is -0.364. The van der Waals surface area contributed by atoms with Crippen LogP contribution in [0.1, 0.15) is 37.2 Å². The number of carbonyl (C=O) groups is 2. The van der Waals surface area contributed by atoms with Crippen LogP contribution in [0.4, 0.5) is 5.13 Å². The second-order valence-corrected chi connectivity index (χ2v) is 5.71. The molecule has 0 saturated carbocycles. The first-order valence-corrected chi connectivity index (χ1v) is 7.73. The fraction of sp³-hybridized carbons (Fsp3) is 0.615. The predicted octanol–water partition coefficient (Wildman–Crippen LogP) is 1.32. The molecule has 1 aliphatic rings. The molecule has 0 spiro atoms. The topological polar surface area (TPSA) is 74.3 Å². The molecule has 1 atom stereocenters. The van der Waals surface area contributed by atoms with Crippen molar-refractivity contribution in [2.45, 2.75) is 32.7 Å². The lowest BCUT2D eigenvalue weighted by Crippen LogP contribution is -2.40. The van der Waals surface area contributed by atoms with Crippen LogP contribution < -0.4 is 10.6 Å². The van der Waals surface area contributed by atoms with Gasteiger partial charge in [0.25, 0.3) is 5.91 Å². The van der Waals surface area contributed by atoms with E-state index in [1.807, 2.05) is 0 Å². The molecule has 0 radical (unpaired) electrons. The number of amides is 2. The van der Waals surface area contributed by atoms with Gasteiger partial charge < -0.3 is 10.6 Å². The van der Waals surface area contributed by atoms with Crippen LogP contribution in [0.2, 0.25) is 0 Å². The molecular formula is C13H20N4O2S. The van der Waals surface area contributed by atoms with Gasteiger partial charge >= 0.3 is 0 Å². The van der Waals surface area contributed by atoms with Crippen LogP contribution in [-0.4, -0.2) is 47.4 Å². The third-order valence-electron chi connectivity index (χ3n) is 3.42. The fourth-order valence-corrected chi connectivity index (χ4v) is 3.17. The molecule has 1 aromatic rings. The third kappa shape index (κ3) is 3.77. The van der Waals surface area contributed by atoms with Gasteiger partial charge in [-0.05, 0) is 25.9 Å². The van der Waals surface area contributed by atoms with E-state index in [2.05, 4.69) is 27.4 Å². The molecule has 0 bridgehead atoms. The lowest BCUT2D eigenvalue weighted by atomic mass is 10.2. The van der Waals surface area contributed by atoms with Crippen molar-refractivity contribution in [2.75, 3.05) is 25.0 Å². The number of aromatic nitrogens is 1. The zero-order valence-corrected chi connectivity index (χ0v) is 12.6. The molecular weight excluding hydrogens is 276 g/mol. The maximum atomic E-state index is 12.0. The van der Waals surface area contributed by atoms with Crippen molar-refractivity contribution in [3.8, 4) is 0 Å². The van der Waals surface area contributed by atoms with E-state index in [0.717, 1.165) is 19.5 Å². The van der Waals surface area contributed by atoms with E-state index in [4.69, 9.17) is 0 Å². The van der Waals surface area contributed by atoms with Crippen molar-refractivity contribution in [3.63, 3.8) is 0 Å². The Kier molecular flexibility index (Phi) is 5.08. The van der Waals surface area contributed by atoms with Crippen LogP contribution in [-0.2, 0) is 4.79 Å². The number of thiazole rings is 1. The predicted molar refractivity (Wildman–Crippen MR) is 79.0 cm³/mol. The van der Waals surface area contributed by atoms with E-state index < -0.39 is 0 Å². The molecule has 110 valence electrons. The molecule has 0 aromatic carbocycles. The monoisotopic (exact) mass is 296 g/mol. The van der Waals surface area contributed by atoms with Crippen molar-refractivity contribution in [2.24, 2.45) is 0 Å². The van der Waals surface area contributed by atoms with Crippen molar-refractivity contribution in [3.05, 3.63) is 11.1 Å². The Bertz CT molecular complexity index is 488. The number of hydrogen-bond donors (Lipinski definition) is 2. The molecule has 1 fully saturated rings. The van der Waals surface area contributed by atoms with Crippen LogP contribution >= 0.6 is 11.3 Å². The fourth-order valence-electron chi connectivity index (χ4n) is 2.43. The van der Waals surface area contributed by atoms with Crippen LogP contribution in [0.5, 0.6) is 0 Å². The van der Waals surface area contributed by atoms with Gasteiger partial charge in [0.15, 0.2) is 5.13 Å². The van der Waals surface area contributed by atoms with Crippen LogP contribution in [0.15, 0.2) is 5.38 Å². The average Bonchev–Trinajstić information content (AvgIpc) is 3.03.